The quantitative estimate of drug-likeness (QED) is 0.850. The summed E-state index contributed by atoms with van der Waals surface area (Å²) >= 11 is 0. The van der Waals surface area contributed by atoms with Gasteiger partial charge in [-0.05, 0) is 43.0 Å². The first-order valence-corrected chi connectivity index (χ1v) is 6.12. The molecule has 0 saturated carbocycles. The Kier molecular flexibility index (Phi) is 3.94. The minimum absolute atomic E-state index is 0.713. The van der Waals surface area contributed by atoms with E-state index in [4.69, 9.17) is 5.73 Å². The number of hydrogen-bond acceptors (Lipinski definition) is 1. The summed E-state index contributed by atoms with van der Waals surface area (Å²) in [5, 5.41) is 0. The first kappa shape index (κ1) is 11.9. The van der Waals surface area contributed by atoms with Gasteiger partial charge in [0.2, 0.25) is 0 Å². The van der Waals surface area contributed by atoms with Crippen LogP contribution in [0.3, 0.4) is 0 Å². The number of nitrogens with two attached hydrogens (primary N) is 1. The third kappa shape index (κ3) is 3.18. The zero-order valence-electron chi connectivity index (χ0n) is 10.3. The van der Waals surface area contributed by atoms with Crippen LogP contribution in [0.1, 0.15) is 22.3 Å². The molecule has 2 aromatic carbocycles. The lowest BCUT2D eigenvalue weighted by molar-refractivity contribution is 0.946. The topological polar surface area (TPSA) is 26.0 Å². The normalized spacial score (nSPS) is 10.5. The largest absolute Gasteiger partial charge is 0.330 e. The van der Waals surface area contributed by atoms with Gasteiger partial charge in [-0.15, -0.1) is 0 Å². The Morgan fingerprint density at radius 3 is 2.18 bits per heavy atom. The molecule has 1 heteroatoms. The lowest BCUT2D eigenvalue weighted by Gasteiger charge is -2.08. The number of rotatable bonds is 4. The summed E-state index contributed by atoms with van der Waals surface area (Å²) in [5.41, 5.74) is 11.1. The van der Waals surface area contributed by atoms with Gasteiger partial charge >= 0.3 is 0 Å². The molecule has 0 bridgehead atoms. The maximum Gasteiger partial charge on any atom is -0.00230 e. The molecule has 0 aromatic heterocycles. The van der Waals surface area contributed by atoms with Crippen LogP contribution in [0, 0.1) is 6.92 Å². The molecule has 0 saturated heterocycles. The van der Waals surface area contributed by atoms with Crippen LogP contribution in [0.4, 0.5) is 0 Å². The van der Waals surface area contributed by atoms with Crippen molar-refractivity contribution in [3.8, 4) is 0 Å². The van der Waals surface area contributed by atoms with Gasteiger partial charge in [-0.25, -0.2) is 0 Å². The number of benzene rings is 2. The first-order chi connectivity index (χ1) is 8.29. The molecule has 0 aliphatic rings. The highest BCUT2D eigenvalue weighted by Gasteiger charge is 2.02. The average molecular weight is 225 g/mol. The van der Waals surface area contributed by atoms with Gasteiger partial charge in [0.1, 0.15) is 0 Å². The van der Waals surface area contributed by atoms with E-state index in [2.05, 4.69) is 55.5 Å². The average Bonchev–Trinajstić information content (AvgIpc) is 2.35. The predicted octanol–water partition coefficient (Wildman–Crippen LogP) is 3.09. The summed E-state index contributed by atoms with van der Waals surface area (Å²) < 4.78 is 0. The van der Waals surface area contributed by atoms with Gasteiger partial charge < -0.3 is 5.73 Å². The highest BCUT2D eigenvalue weighted by atomic mass is 14.5. The van der Waals surface area contributed by atoms with E-state index < -0.39 is 0 Å². The molecule has 0 heterocycles. The third-order valence-corrected chi connectivity index (χ3v) is 3.05. The van der Waals surface area contributed by atoms with E-state index in [-0.39, 0.29) is 0 Å². The van der Waals surface area contributed by atoms with Gasteiger partial charge in [-0.1, -0.05) is 54.1 Å². The Morgan fingerprint density at radius 2 is 1.53 bits per heavy atom. The Bertz CT molecular complexity index is 471. The second-order valence-corrected chi connectivity index (χ2v) is 4.47. The first-order valence-electron chi connectivity index (χ1n) is 6.12. The summed E-state index contributed by atoms with van der Waals surface area (Å²) in [6.45, 7) is 2.83. The third-order valence-electron chi connectivity index (χ3n) is 3.05. The van der Waals surface area contributed by atoms with Crippen molar-refractivity contribution in [1.29, 1.82) is 0 Å². The van der Waals surface area contributed by atoms with Crippen LogP contribution in [0.15, 0.2) is 48.5 Å². The fourth-order valence-corrected chi connectivity index (χ4v) is 2.06. The minimum atomic E-state index is 0.713. The second kappa shape index (κ2) is 5.65. The Labute approximate surface area is 103 Å². The number of hydrogen-bond donors (Lipinski definition) is 1. The zero-order chi connectivity index (χ0) is 12.1. The van der Waals surface area contributed by atoms with Gasteiger partial charge in [0.25, 0.3) is 0 Å². The molecule has 2 aromatic rings. The minimum Gasteiger partial charge on any atom is -0.330 e. The summed E-state index contributed by atoms with van der Waals surface area (Å²) in [6.07, 6.45) is 1.96. The second-order valence-electron chi connectivity index (χ2n) is 4.47. The lowest BCUT2D eigenvalue weighted by Crippen LogP contribution is -2.05. The van der Waals surface area contributed by atoms with Crippen LogP contribution in [0.25, 0.3) is 0 Å². The van der Waals surface area contributed by atoms with Crippen molar-refractivity contribution >= 4 is 0 Å². The lowest BCUT2D eigenvalue weighted by atomic mass is 9.97. The van der Waals surface area contributed by atoms with Crippen molar-refractivity contribution in [2.24, 2.45) is 5.73 Å². The van der Waals surface area contributed by atoms with E-state index in [9.17, 15) is 0 Å². The molecule has 0 unspecified atom stereocenters. The zero-order valence-corrected chi connectivity index (χ0v) is 10.3. The van der Waals surface area contributed by atoms with E-state index in [1.165, 1.54) is 22.3 Å². The van der Waals surface area contributed by atoms with E-state index in [1.54, 1.807) is 0 Å². The molecule has 0 radical (unpaired) electrons. The Morgan fingerprint density at radius 1 is 0.882 bits per heavy atom. The molecule has 0 atom stereocenters. The molecule has 0 aliphatic heterocycles. The van der Waals surface area contributed by atoms with Crippen LogP contribution in [0.5, 0.6) is 0 Å². The van der Waals surface area contributed by atoms with E-state index in [0.29, 0.717) is 6.54 Å². The molecule has 17 heavy (non-hydrogen) atoms. The Balaban J connectivity index is 2.20. The molecule has 88 valence electrons. The monoisotopic (exact) mass is 225 g/mol. The molecule has 0 spiro atoms. The SMILES string of the molecule is Cc1ccc(Cc2ccccc2CCN)cc1. The van der Waals surface area contributed by atoms with Gasteiger partial charge in [0.15, 0.2) is 0 Å². The maximum absolute atomic E-state index is 5.64. The number of aryl methyl sites for hydroxylation is 1. The van der Waals surface area contributed by atoms with E-state index in [1.807, 2.05) is 0 Å². The summed E-state index contributed by atoms with van der Waals surface area (Å²) in [5.74, 6) is 0. The molecular weight excluding hydrogens is 206 g/mol. The summed E-state index contributed by atoms with van der Waals surface area (Å²) in [7, 11) is 0. The van der Waals surface area contributed by atoms with Gasteiger partial charge in [0.05, 0.1) is 0 Å². The standard InChI is InChI=1S/C16H19N/c1-13-6-8-14(9-7-13)12-16-5-3-2-4-15(16)10-11-17/h2-9H,10-12,17H2,1H3. The predicted molar refractivity (Wildman–Crippen MR) is 73.2 cm³/mol. The van der Waals surface area contributed by atoms with Crippen LogP contribution in [-0.4, -0.2) is 6.54 Å². The van der Waals surface area contributed by atoms with Crippen molar-refractivity contribution in [3.63, 3.8) is 0 Å². The molecule has 2 N–H and O–H groups in total. The Hall–Kier alpha value is -1.60. The smallest absolute Gasteiger partial charge is 0.00230 e. The van der Waals surface area contributed by atoms with E-state index >= 15 is 0 Å². The van der Waals surface area contributed by atoms with Crippen LogP contribution >= 0.6 is 0 Å². The van der Waals surface area contributed by atoms with Gasteiger partial charge in [0, 0.05) is 0 Å². The van der Waals surface area contributed by atoms with Crippen molar-refractivity contribution in [2.75, 3.05) is 6.54 Å². The van der Waals surface area contributed by atoms with Crippen LogP contribution in [-0.2, 0) is 12.8 Å². The molecule has 0 aliphatic carbocycles. The van der Waals surface area contributed by atoms with Crippen molar-refractivity contribution in [3.05, 3.63) is 70.8 Å². The maximum atomic E-state index is 5.64. The fraction of sp³-hybridized carbons (Fsp3) is 0.250. The molecular formula is C16H19N. The molecule has 0 fully saturated rings. The highest BCUT2D eigenvalue weighted by molar-refractivity contribution is 5.33. The molecule has 0 amide bonds. The van der Waals surface area contributed by atoms with Crippen LogP contribution in [0.2, 0.25) is 0 Å². The summed E-state index contributed by atoms with van der Waals surface area (Å²) in [4.78, 5) is 0. The van der Waals surface area contributed by atoms with Crippen LogP contribution < -0.4 is 5.73 Å². The van der Waals surface area contributed by atoms with Crippen molar-refractivity contribution < 1.29 is 0 Å². The summed E-state index contributed by atoms with van der Waals surface area (Å²) in [6, 6.07) is 17.3. The van der Waals surface area contributed by atoms with Crippen molar-refractivity contribution in [1.82, 2.24) is 0 Å². The molecule has 1 nitrogen and oxygen atoms in total. The van der Waals surface area contributed by atoms with Crippen molar-refractivity contribution in [2.45, 2.75) is 19.8 Å². The van der Waals surface area contributed by atoms with Gasteiger partial charge in [-0.3, -0.25) is 0 Å². The fourth-order valence-electron chi connectivity index (χ4n) is 2.06. The van der Waals surface area contributed by atoms with E-state index in [0.717, 1.165) is 12.8 Å². The van der Waals surface area contributed by atoms with Gasteiger partial charge in [-0.2, -0.15) is 0 Å². The molecule has 2 rings (SSSR count). The highest BCUT2D eigenvalue weighted by Crippen LogP contribution is 2.15.